The molecule has 8 heteroatoms. The molecule has 0 aliphatic carbocycles. The molecule has 0 saturated carbocycles. The van der Waals surface area contributed by atoms with Crippen LogP contribution in [-0.2, 0) is 13.1 Å². The molecule has 0 unspecified atom stereocenters. The second-order valence-corrected chi connectivity index (χ2v) is 8.25. The van der Waals surface area contributed by atoms with Crippen LogP contribution in [-0.4, -0.2) is 20.4 Å². The third kappa shape index (κ3) is 4.32. The summed E-state index contributed by atoms with van der Waals surface area (Å²) < 4.78 is 15.4. The maximum Gasteiger partial charge on any atom is 0.252 e. The fourth-order valence-electron chi connectivity index (χ4n) is 3.89. The van der Waals surface area contributed by atoms with Gasteiger partial charge in [-0.3, -0.25) is 14.8 Å². The molecule has 0 saturated heterocycles. The van der Waals surface area contributed by atoms with E-state index in [-0.39, 0.29) is 18.4 Å². The summed E-state index contributed by atoms with van der Waals surface area (Å²) in [7, 11) is 0. The number of fused-ring (bicyclic) bond motifs is 2. The molecular formula is C26H17ClFN5O. The van der Waals surface area contributed by atoms with Crippen LogP contribution in [0, 0.1) is 17.1 Å². The molecule has 3 heterocycles. The number of benzene rings is 2. The van der Waals surface area contributed by atoms with Gasteiger partial charge >= 0.3 is 0 Å². The van der Waals surface area contributed by atoms with Crippen molar-refractivity contribution in [3.05, 3.63) is 106 Å². The van der Waals surface area contributed by atoms with E-state index in [1.54, 1.807) is 47.4 Å². The van der Waals surface area contributed by atoms with E-state index < -0.39 is 0 Å². The van der Waals surface area contributed by atoms with Crippen molar-refractivity contribution in [1.82, 2.24) is 19.9 Å². The highest BCUT2D eigenvalue weighted by Crippen LogP contribution is 2.26. The molecule has 2 aromatic carbocycles. The van der Waals surface area contributed by atoms with Gasteiger partial charge in [-0.05, 0) is 54.1 Å². The minimum atomic E-state index is -0.373. The molecule has 6 nitrogen and oxygen atoms in total. The van der Waals surface area contributed by atoms with Gasteiger partial charge in [0, 0.05) is 47.0 Å². The zero-order valence-electron chi connectivity index (χ0n) is 17.8. The molecule has 34 heavy (non-hydrogen) atoms. The van der Waals surface area contributed by atoms with Crippen LogP contribution in [0.1, 0.15) is 27.2 Å². The largest absolute Gasteiger partial charge is 0.334 e. The Morgan fingerprint density at radius 3 is 2.85 bits per heavy atom. The Morgan fingerprint density at radius 1 is 1.12 bits per heavy atom. The molecule has 0 spiro atoms. The quantitative estimate of drug-likeness (QED) is 0.382. The molecule has 5 aromatic rings. The van der Waals surface area contributed by atoms with Gasteiger partial charge in [0.1, 0.15) is 11.9 Å². The number of nitrogens with zero attached hydrogens (tertiary/aromatic N) is 4. The van der Waals surface area contributed by atoms with E-state index in [1.807, 2.05) is 18.2 Å². The van der Waals surface area contributed by atoms with E-state index in [0.29, 0.717) is 28.1 Å². The van der Waals surface area contributed by atoms with Crippen LogP contribution in [0.5, 0.6) is 0 Å². The molecule has 0 bridgehead atoms. The number of amides is 1. The monoisotopic (exact) mass is 469 g/mol. The molecule has 0 fully saturated rings. The van der Waals surface area contributed by atoms with Gasteiger partial charge in [-0.2, -0.15) is 5.26 Å². The minimum absolute atomic E-state index is 0.141. The molecule has 1 amide bonds. The predicted octanol–water partition coefficient (Wildman–Crippen LogP) is 5.23. The standard InChI is InChI=1S/C26H17ClFN5O/c27-23-14-33(25-11-20(28)2-3-22(23)25)15-32-26(34)18-5-6-30-21(10-18)9-16-1-4-24-19(7-16)8-17(12-29)13-31-24/h1-8,10-11,13-14H,9,15H2,(H,32,34). The molecule has 0 radical (unpaired) electrons. The van der Waals surface area contributed by atoms with Crippen molar-refractivity contribution in [1.29, 1.82) is 5.26 Å². The van der Waals surface area contributed by atoms with Crippen molar-refractivity contribution in [2.75, 3.05) is 0 Å². The maximum atomic E-state index is 13.7. The smallest absolute Gasteiger partial charge is 0.252 e. The molecule has 166 valence electrons. The van der Waals surface area contributed by atoms with Crippen molar-refractivity contribution < 1.29 is 9.18 Å². The first kappa shape index (κ1) is 21.6. The first-order valence-electron chi connectivity index (χ1n) is 10.5. The molecule has 0 aliphatic heterocycles. The summed E-state index contributed by atoms with van der Waals surface area (Å²) in [5.41, 5.74) is 4.10. The van der Waals surface area contributed by atoms with E-state index in [4.69, 9.17) is 16.9 Å². The second-order valence-electron chi connectivity index (χ2n) is 7.85. The lowest BCUT2D eigenvalue weighted by atomic mass is 10.0. The van der Waals surface area contributed by atoms with Crippen LogP contribution in [0.15, 0.2) is 73.2 Å². The SMILES string of the molecule is N#Cc1cnc2ccc(Cc3cc(C(=O)NCn4cc(Cl)c5ccc(F)cc54)ccn3)cc2c1. The molecule has 0 aliphatic rings. The Bertz CT molecular complexity index is 1600. The Morgan fingerprint density at radius 2 is 2.00 bits per heavy atom. The number of halogens is 2. The zero-order chi connectivity index (χ0) is 23.7. The topological polar surface area (TPSA) is 83.6 Å². The fourth-order valence-corrected chi connectivity index (χ4v) is 4.17. The normalized spacial score (nSPS) is 11.0. The number of carbonyl (C=O) groups excluding carboxylic acids is 1. The van der Waals surface area contributed by atoms with Gasteiger partial charge in [-0.1, -0.05) is 17.7 Å². The summed E-state index contributed by atoms with van der Waals surface area (Å²) in [4.78, 5) is 21.5. The first-order valence-corrected chi connectivity index (χ1v) is 10.8. The lowest BCUT2D eigenvalue weighted by Crippen LogP contribution is -2.26. The lowest BCUT2D eigenvalue weighted by Gasteiger charge is -2.09. The number of hydrogen-bond donors (Lipinski definition) is 1. The van der Waals surface area contributed by atoms with Crippen LogP contribution in [0.2, 0.25) is 5.02 Å². The van der Waals surface area contributed by atoms with Crippen LogP contribution in [0.3, 0.4) is 0 Å². The highest BCUT2D eigenvalue weighted by Gasteiger charge is 2.11. The molecule has 0 atom stereocenters. The van der Waals surface area contributed by atoms with Crippen molar-refractivity contribution in [3.8, 4) is 6.07 Å². The summed E-state index contributed by atoms with van der Waals surface area (Å²) in [6.45, 7) is 0.141. The van der Waals surface area contributed by atoms with Crippen molar-refractivity contribution >= 4 is 39.3 Å². The minimum Gasteiger partial charge on any atom is -0.334 e. The summed E-state index contributed by atoms with van der Waals surface area (Å²) >= 11 is 6.23. The number of nitriles is 1. The Balaban J connectivity index is 1.32. The van der Waals surface area contributed by atoms with Crippen molar-refractivity contribution in [2.24, 2.45) is 0 Å². The Labute approximate surface area is 199 Å². The van der Waals surface area contributed by atoms with Gasteiger partial charge in [0.25, 0.3) is 5.91 Å². The van der Waals surface area contributed by atoms with Gasteiger partial charge < -0.3 is 9.88 Å². The molecule has 3 aromatic heterocycles. The van der Waals surface area contributed by atoms with Crippen LogP contribution in [0.25, 0.3) is 21.8 Å². The number of aromatic nitrogens is 3. The Kier molecular flexibility index (Phi) is 5.66. The third-order valence-corrected chi connectivity index (χ3v) is 5.85. The van der Waals surface area contributed by atoms with E-state index in [9.17, 15) is 9.18 Å². The lowest BCUT2D eigenvalue weighted by molar-refractivity contribution is 0.0942. The van der Waals surface area contributed by atoms with Crippen LogP contribution < -0.4 is 5.32 Å². The number of pyridine rings is 2. The zero-order valence-corrected chi connectivity index (χ0v) is 18.6. The number of rotatable bonds is 5. The van der Waals surface area contributed by atoms with Crippen LogP contribution in [0.4, 0.5) is 4.39 Å². The molecule has 5 rings (SSSR count). The Hall–Kier alpha value is -4.28. The van der Waals surface area contributed by atoms with Gasteiger partial charge in [0.15, 0.2) is 0 Å². The van der Waals surface area contributed by atoms with E-state index in [2.05, 4.69) is 21.4 Å². The van der Waals surface area contributed by atoms with Gasteiger partial charge in [0.2, 0.25) is 0 Å². The van der Waals surface area contributed by atoms with Gasteiger partial charge in [-0.25, -0.2) is 4.39 Å². The first-order chi connectivity index (χ1) is 16.5. The molecule has 1 N–H and O–H groups in total. The number of hydrogen-bond acceptors (Lipinski definition) is 4. The number of nitrogens with one attached hydrogen (secondary N) is 1. The summed E-state index contributed by atoms with van der Waals surface area (Å²) in [5.74, 6) is -0.652. The number of carbonyl (C=O) groups is 1. The predicted molar refractivity (Wildman–Crippen MR) is 128 cm³/mol. The molecular weight excluding hydrogens is 453 g/mol. The van der Waals surface area contributed by atoms with Crippen molar-refractivity contribution in [3.63, 3.8) is 0 Å². The maximum absolute atomic E-state index is 13.7. The highest BCUT2D eigenvalue weighted by atomic mass is 35.5. The van der Waals surface area contributed by atoms with E-state index >= 15 is 0 Å². The summed E-state index contributed by atoms with van der Waals surface area (Å²) in [6, 6.07) is 17.5. The van der Waals surface area contributed by atoms with Gasteiger partial charge in [-0.15, -0.1) is 0 Å². The third-order valence-electron chi connectivity index (χ3n) is 5.54. The summed E-state index contributed by atoms with van der Waals surface area (Å²) in [5, 5.41) is 14.0. The fraction of sp³-hybridized carbons (Fsp3) is 0.0769. The average Bonchev–Trinajstić information content (AvgIpc) is 3.16. The highest BCUT2D eigenvalue weighted by molar-refractivity contribution is 6.35. The van der Waals surface area contributed by atoms with Crippen LogP contribution >= 0.6 is 11.6 Å². The summed E-state index contributed by atoms with van der Waals surface area (Å²) in [6.07, 6.45) is 5.33. The van der Waals surface area contributed by atoms with Gasteiger partial charge in [0.05, 0.1) is 28.3 Å². The van der Waals surface area contributed by atoms with E-state index in [1.165, 1.54) is 12.1 Å². The second kappa shape index (κ2) is 8.93. The average molecular weight is 470 g/mol. The van der Waals surface area contributed by atoms with Crippen molar-refractivity contribution in [2.45, 2.75) is 13.1 Å². The van der Waals surface area contributed by atoms with E-state index in [0.717, 1.165) is 27.5 Å².